The Morgan fingerprint density at radius 2 is 1.75 bits per heavy atom. The van der Waals surface area contributed by atoms with Gasteiger partial charge < -0.3 is 9.64 Å². The van der Waals surface area contributed by atoms with Gasteiger partial charge in [-0.15, -0.1) is 0 Å². The molecule has 1 aromatic rings. The van der Waals surface area contributed by atoms with Crippen LogP contribution in [-0.4, -0.2) is 36.0 Å². The largest absolute Gasteiger partial charge is 0.466 e. The molecule has 5 heteroatoms. The lowest BCUT2D eigenvalue weighted by atomic mass is 10.0. The molecule has 1 aromatic carbocycles. The molecule has 0 heterocycles. The lowest BCUT2D eigenvalue weighted by molar-refractivity contribution is -0.143. The van der Waals surface area contributed by atoms with Crippen molar-refractivity contribution in [3.05, 3.63) is 34.9 Å². The molecule has 1 aliphatic rings. The highest BCUT2D eigenvalue weighted by atomic mass is 35.5. The smallest absolute Gasteiger partial charge is 0.307 e. The molecule has 1 amide bonds. The monoisotopic (exact) mass is 351 g/mol. The van der Waals surface area contributed by atoms with Crippen molar-refractivity contribution < 1.29 is 14.3 Å². The number of ether oxygens (including phenoxy) is 1. The van der Waals surface area contributed by atoms with Gasteiger partial charge in [0.1, 0.15) is 0 Å². The molecule has 0 unspecified atom stereocenters. The summed E-state index contributed by atoms with van der Waals surface area (Å²) in [5, 5.41) is 0.610. The Labute approximate surface area is 149 Å². The number of hydrogen-bond donors (Lipinski definition) is 0. The van der Waals surface area contributed by atoms with Crippen LogP contribution in [0.3, 0.4) is 0 Å². The van der Waals surface area contributed by atoms with Gasteiger partial charge in [0.25, 0.3) is 5.91 Å². The van der Waals surface area contributed by atoms with Gasteiger partial charge in [-0.1, -0.05) is 37.3 Å². The van der Waals surface area contributed by atoms with E-state index in [4.69, 9.17) is 16.3 Å². The molecule has 0 saturated heterocycles. The van der Waals surface area contributed by atoms with Crippen LogP contribution in [0.15, 0.2) is 24.3 Å². The molecule has 0 N–H and O–H groups in total. The van der Waals surface area contributed by atoms with Crippen molar-refractivity contribution in [2.24, 2.45) is 0 Å². The Bertz CT molecular complexity index is 536. The van der Waals surface area contributed by atoms with Crippen LogP contribution in [-0.2, 0) is 9.53 Å². The molecule has 0 atom stereocenters. The normalized spacial score (nSPS) is 15.6. The number of carbonyl (C=O) groups excluding carboxylic acids is 2. The summed E-state index contributed by atoms with van der Waals surface area (Å²) in [5.74, 6) is -0.275. The second kappa shape index (κ2) is 9.67. The van der Waals surface area contributed by atoms with E-state index in [1.165, 1.54) is 12.8 Å². The summed E-state index contributed by atoms with van der Waals surface area (Å²) in [6.07, 6.45) is 6.95. The minimum Gasteiger partial charge on any atom is -0.466 e. The molecule has 0 bridgehead atoms. The number of benzene rings is 1. The van der Waals surface area contributed by atoms with Gasteiger partial charge in [-0.25, -0.2) is 0 Å². The average molecular weight is 352 g/mol. The molecular formula is C19H26ClNO3. The molecule has 24 heavy (non-hydrogen) atoms. The summed E-state index contributed by atoms with van der Waals surface area (Å²) in [5.41, 5.74) is 0.618. The Balaban J connectivity index is 2.12. The predicted octanol–water partition coefficient (Wildman–Crippen LogP) is 4.46. The van der Waals surface area contributed by atoms with E-state index in [0.29, 0.717) is 23.7 Å². The van der Waals surface area contributed by atoms with E-state index in [-0.39, 0.29) is 24.3 Å². The summed E-state index contributed by atoms with van der Waals surface area (Å²) >= 11 is 5.92. The van der Waals surface area contributed by atoms with Gasteiger partial charge in [0, 0.05) is 23.2 Å². The fraction of sp³-hybridized carbons (Fsp3) is 0.579. The van der Waals surface area contributed by atoms with Crippen molar-refractivity contribution in [3.8, 4) is 0 Å². The maximum absolute atomic E-state index is 13.0. The van der Waals surface area contributed by atoms with E-state index in [9.17, 15) is 9.59 Å². The Kier molecular flexibility index (Phi) is 7.57. The Morgan fingerprint density at radius 3 is 2.33 bits per heavy atom. The summed E-state index contributed by atoms with van der Waals surface area (Å²) in [4.78, 5) is 26.6. The van der Waals surface area contributed by atoms with Crippen molar-refractivity contribution in [2.75, 3.05) is 13.2 Å². The summed E-state index contributed by atoms with van der Waals surface area (Å²) in [6, 6.07) is 7.15. The number of rotatable bonds is 6. The zero-order valence-corrected chi connectivity index (χ0v) is 15.1. The molecule has 1 fully saturated rings. The van der Waals surface area contributed by atoms with Crippen molar-refractivity contribution >= 4 is 23.5 Å². The minimum absolute atomic E-state index is 0.0251. The maximum atomic E-state index is 13.0. The van der Waals surface area contributed by atoms with Crippen LogP contribution in [0.5, 0.6) is 0 Å². The Hall–Kier alpha value is -1.55. The third kappa shape index (κ3) is 5.52. The average Bonchev–Trinajstić information content (AvgIpc) is 2.85. The molecule has 132 valence electrons. The van der Waals surface area contributed by atoms with Crippen molar-refractivity contribution in [3.63, 3.8) is 0 Å². The van der Waals surface area contributed by atoms with Gasteiger partial charge in [-0.3, -0.25) is 9.59 Å². The second-order valence-electron chi connectivity index (χ2n) is 6.21. The van der Waals surface area contributed by atoms with Crippen molar-refractivity contribution in [2.45, 2.75) is 57.9 Å². The van der Waals surface area contributed by atoms with Gasteiger partial charge in [-0.05, 0) is 44.0 Å². The van der Waals surface area contributed by atoms with Gasteiger partial charge in [-0.2, -0.15) is 0 Å². The molecule has 1 saturated carbocycles. The summed E-state index contributed by atoms with van der Waals surface area (Å²) < 4.78 is 5.01. The van der Waals surface area contributed by atoms with Crippen LogP contribution in [0.4, 0.5) is 0 Å². The molecule has 0 radical (unpaired) electrons. The van der Waals surface area contributed by atoms with E-state index in [0.717, 1.165) is 25.7 Å². The molecule has 2 rings (SSSR count). The van der Waals surface area contributed by atoms with Crippen LogP contribution in [0.25, 0.3) is 0 Å². The van der Waals surface area contributed by atoms with E-state index in [1.54, 1.807) is 31.2 Å². The van der Waals surface area contributed by atoms with Gasteiger partial charge >= 0.3 is 5.97 Å². The molecule has 0 aliphatic heterocycles. The molecule has 0 spiro atoms. The van der Waals surface area contributed by atoms with Gasteiger partial charge in [0.05, 0.1) is 13.0 Å². The number of carbonyl (C=O) groups is 2. The van der Waals surface area contributed by atoms with E-state index in [2.05, 4.69) is 0 Å². The summed E-state index contributed by atoms with van der Waals surface area (Å²) in [6.45, 7) is 2.57. The zero-order chi connectivity index (χ0) is 17.4. The highest BCUT2D eigenvalue weighted by molar-refractivity contribution is 6.30. The molecule has 4 nitrogen and oxygen atoms in total. The first kappa shape index (κ1) is 18.8. The highest BCUT2D eigenvalue weighted by Crippen LogP contribution is 2.24. The van der Waals surface area contributed by atoms with Crippen molar-refractivity contribution in [1.82, 2.24) is 4.90 Å². The van der Waals surface area contributed by atoms with E-state index < -0.39 is 0 Å². The molecular weight excluding hydrogens is 326 g/mol. The topological polar surface area (TPSA) is 46.6 Å². The molecule has 0 aromatic heterocycles. The number of hydrogen-bond acceptors (Lipinski definition) is 3. The maximum Gasteiger partial charge on any atom is 0.307 e. The van der Waals surface area contributed by atoms with Crippen LogP contribution < -0.4 is 0 Å². The fourth-order valence-electron chi connectivity index (χ4n) is 3.22. The number of amides is 1. The van der Waals surface area contributed by atoms with Crippen molar-refractivity contribution in [1.29, 1.82) is 0 Å². The fourth-order valence-corrected chi connectivity index (χ4v) is 3.35. The van der Waals surface area contributed by atoms with Crippen LogP contribution in [0, 0.1) is 0 Å². The highest BCUT2D eigenvalue weighted by Gasteiger charge is 2.26. The van der Waals surface area contributed by atoms with E-state index in [1.807, 2.05) is 4.90 Å². The quantitative estimate of drug-likeness (QED) is 0.561. The first-order chi connectivity index (χ1) is 11.6. The predicted molar refractivity (Wildman–Crippen MR) is 95.2 cm³/mol. The van der Waals surface area contributed by atoms with Gasteiger partial charge in [0.15, 0.2) is 0 Å². The lowest BCUT2D eigenvalue weighted by Gasteiger charge is -2.31. The van der Waals surface area contributed by atoms with E-state index >= 15 is 0 Å². The summed E-state index contributed by atoms with van der Waals surface area (Å²) in [7, 11) is 0. The second-order valence-corrected chi connectivity index (χ2v) is 6.64. The third-order valence-corrected chi connectivity index (χ3v) is 4.73. The zero-order valence-electron chi connectivity index (χ0n) is 14.3. The number of esters is 1. The van der Waals surface area contributed by atoms with Crippen LogP contribution in [0.2, 0.25) is 5.02 Å². The minimum atomic E-state index is -0.250. The van der Waals surface area contributed by atoms with Crippen LogP contribution in [0.1, 0.15) is 62.2 Å². The van der Waals surface area contributed by atoms with Gasteiger partial charge in [0.2, 0.25) is 0 Å². The Morgan fingerprint density at radius 1 is 1.12 bits per heavy atom. The first-order valence-corrected chi connectivity index (χ1v) is 9.21. The number of nitrogens with zero attached hydrogens (tertiary/aromatic N) is 1. The van der Waals surface area contributed by atoms with Crippen LogP contribution >= 0.6 is 11.6 Å². The molecule has 1 aliphatic carbocycles. The number of halogens is 1. The third-order valence-electron chi connectivity index (χ3n) is 4.48. The standard InChI is InChI=1S/C19H26ClNO3/c1-2-24-18(22)13-14-21(17-7-5-3-4-6-8-17)19(23)15-9-11-16(20)12-10-15/h9-12,17H,2-8,13-14H2,1H3. The lowest BCUT2D eigenvalue weighted by Crippen LogP contribution is -2.41. The first-order valence-electron chi connectivity index (χ1n) is 8.84. The SMILES string of the molecule is CCOC(=O)CCN(C(=O)c1ccc(Cl)cc1)C1CCCCCC1.